The van der Waals surface area contributed by atoms with Gasteiger partial charge in [0.1, 0.15) is 11.6 Å². The van der Waals surface area contributed by atoms with Crippen LogP contribution in [0.4, 0.5) is 23.1 Å². The number of aromatic nitrogens is 4. The summed E-state index contributed by atoms with van der Waals surface area (Å²) in [7, 11) is 2.16. The summed E-state index contributed by atoms with van der Waals surface area (Å²) in [5.41, 5.74) is 3.18. The Balaban J connectivity index is 1.35. The van der Waals surface area contributed by atoms with Crippen LogP contribution in [-0.2, 0) is 0 Å². The van der Waals surface area contributed by atoms with Gasteiger partial charge in [-0.15, -0.1) is 0 Å². The van der Waals surface area contributed by atoms with Gasteiger partial charge in [-0.3, -0.25) is 5.10 Å². The van der Waals surface area contributed by atoms with Gasteiger partial charge in [0.2, 0.25) is 0 Å². The van der Waals surface area contributed by atoms with Crippen molar-refractivity contribution in [2.75, 3.05) is 48.8 Å². The Hall–Kier alpha value is -3.04. The van der Waals surface area contributed by atoms with Crippen molar-refractivity contribution in [1.82, 2.24) is 25.1 Å². The molecule has 2 aromatic heterocycles. The van der Waals surface area contributed by atoms with Gasteiger partial charge in [-0.1, -0.05) is 6.58 Å². The fraction of sp³-hybridized carbons (Fsp3) is 0.375. The average Bonchev–Trinajstić information content (AvgIpc) is 3.58. The number of anilines is 4. The molecule has 1 aliphatic heterocycles. The van der Waals surface area contributed by atoms with Crippen molar-refractivity contribution >= 4 is 34.9 Å². The van der Waals surface area contributed by atoms with Gasteiger partial charge in [-0.05, 0) is 68.8 Å². The molecule has 172 valence electrons. The minimum atomic E-state index is 0.633. The summed E-state index contributed by atoms with van der Waals surface area (Å²) in [4.78, 5) is 15.4. The fourth-order valence-corrected chi connectivity index (χ4v) is 4.53. The van der Waals surface area contributed by atoms with Crippen LogP contribution in [0.1, 0.15) is 18.5 Å². The van der Waals surface area contributed by atoms with E-state index in [2.05, 4.69) is 68.5 Å². The fourth-order valence-electron chi connectivity index (χ4n) is 3.76. The van der Waals surface area contributed by atoms with Gasteiger partial charge in [0.15, 0.2) is 11.0 Å². The maximum Gasteiger partial charge on any atom is 0.196 e. The van der Waals surface area contributed by atoms with E-state index in [1.807, 2.05) is 19.1 Å². The molecule has 0 radical (unpaired) electrons. The van der Waals surface area contributed by atoms with Crippen LogP contribution in [0.15, 0.2) is 58.7 Å². The second kappa shape index (κ2) is 9.44. The first-order valence-corrected chi connectivity index (χ1v) is 12.2. The van der Waals surface area contributed by atoms with Gasteiger partial charge < -0.3 is 20.4 Å². The Kier molecular flexibility index (Phi) is 6.24. The van der Waals surface area contributed by atoms with Gasteiger partial charge in [0.25, 0.3) is 0 Å². The molecule has 0 atom stereocenters. The zero-order valence-electron chi connectivity index (χ0n) is 19.1. The van der Waals surface area contributed by atoms with Gasteiger partial charge in [-0.2, -0.15) is 5.10 Å². The molecule has 2 fully saturated rings. The average molecular weight is 463 g/mol. The number of allylic oxidation sites excluding steroid dienone is 1. The van der Waals surface area contributed by atoms with E-state index in [0.717, 1.165) is 65.6 Å². The van der Waals surface area contributed by atoms with Gasteiger partial charge in [-0.25, -0.2) is 9.97 Å². The summed E-state index contributed by atoms with van der Waals surface area (Å²) in [5.74, 6) is 3.06. The zero-order chi connectivity index (χ0) is 22.8. The third kappa shape index (κ3) is 5.66. The lowest BCUT2D eigenvalue weighted by atomic mass is 10.2. The minimum absolute atomic E-state index is 0.633. The van der Waals surface area contributed by atoms with E-state index in [0.29, 0.717) is 11.1 Å². The SMILES string of the molecule is C=C(Nc1ccc(Sc2nc(Nc3cc(C)[nH]n3)cc(N3CCN(C)CC3)n2)cc1)C1CC1. The smallest absolute Gasteiger partial charge is 0.196 e. The highest BCUT2D eigenvalue weighted by Gasteiger charge is 2.24. The van der Waals surface area contributed by atoms with Gasteiger partial charge >= 0.3 is 0 Å². The highest BCUT2D eigenvalue weighted by molar-refractivity contribution is 7.99. The van der Waals surface area contributed by atoms with Gasteiger partial charge in [0, 0.05) is 60.3 Å². The van der Waals surface area contributed by atoms with E-state index >= 15 is 0 Å². The molecule has 0 spiro atoms. The minimum Gasteiger partial charge on any atom is -0.359 e. The second-order valence-electron chi connectivity index (χ2n) is 8.80. The van der Waals surface area contributed by atoms with Crippen LogP contribution >= 0.6 is 11.8 Å². The predicted octanol–water partition coefficient (Wildman–Crippen LogP) is 4.49. The summed E-state index contributed by atoms with van der Waals surface area (Å²) < 4.78 is 0. The number of hydrogen-bond donors (Lipinski definition) is 3. The number of nitrogens with one attached hydrogen (secondary N) is 3. The first-order chi connectivity index (χ1) is 16.0. The standard InChI is InChI=1S/C24H30N8S/c1-16-14-22(30-29-16)26-21-15-23(32-12-10-31(3)11-13-32)28-24(27-21)33-20-8-6-19(7-9-20)25-17(2)18-4-5-18/h6-9,14-15,18,25H,2,4-5,10-13H2,1,3H3,(H2,26,27,28,29,30). The molecule has 3 heterocycles. The van der Waals surface area contributed by atoms with Crippen molar-refractivity contribution in [1.29, 1.82) is 0 Å². The summed E-state index contributed by atoms with van der Waals surface area (Å²) in [6.07, 6.45) is 2.49. The highest BCUT2D eigenvalue weighted by Crippen LogP contribution is 2.36. The second-order valence-corrected chi connectivity index (χ2v) is 9.84. The molecule has 0 bridgehead atoms. The number of nitrogens with zero attached hydrogens (tertiary/aromatic N) is 5. The van der Waals surface area contributed by atoms with E-state index in [-0.39, 0.29) is 0 Å². The maximum atomic E-state index is 4.89. The number of piperazine rings is 1. The molecule has 5 rings (SSSR count). The third-order valence-corrected chi connectivity index (χ3v) is 6.79. The third-order valence-electron chi connectivity index (χ3n) is 5.92. The highest BCUT2D eigenvalue weighted by atomic mass is 32.2. The van der Waals surface area contributed by atoms with Crippen LogP contribution in [-0.4, -0.2) is 58.3 Å². The first-order valence-electron chi connectivity index (χ1n) is 11.4. The number of H-pyrrole nitrogens is 1. The van der Waals surface area contributed by atoms with Gasteiger partial charge in [0.05, 0.1) is 0 Å². The van der Waals surface area contributed by atoms with E-state index in [9.17, 15) is 0 Å². The molecule has 33 heavy (non-hydrogen) atoms. The van der Waals surface area contributed by atoms with E-state index in [1.54, 1.807) is 11.8 Å². The molecule has 0 amide bonds. The summed E-state index contributed by atoms with van der Waals surface area (Å²) >= 11 is 1.56. The van der Waals surface area contributed by atoms with Crippen molar-refractivity contribution < 1.29 is 0 Å². The number of rotatable bonds is 8. The van der Waals surface area contributed by atoms with Crippen molar-refractivity contribution in [3.8, 4) is 0 Å². The maximum absolute atomic E-state index is 4.89. The Morgan fingerprint density at radius 2 is 1.82 bits per heavy atom. The molecule has 1 saturated carbocycles. The monoisotopic (exact) mass is 462 g/mol. The zero-order valence-corrected chi connectivity index (χ0v) is 20.0. The van der Waals surface area contributed by atoms with Crippen LogP contribution in [0.3, 0.4) is 0 Å². The lowest BCUT2D eigenvalue weighted by molar-refractivity contribution is 0.312. The molecule has 1 saturated heterocycles. The predicted molar refractivity (Wildman–Crippen MR) is 134 cm³/mol. The topological polar surface area (TPSA) is 85.0 Å². The van der Waals surface area contributed by atoms with Crippen LogP contribution in [0.25, 0.3) is 0 Å². The molecular formula is C24H30N8S. The first kappa shape index (κ1) is 21.8. The van der Waals surface area contributed by atoms with E-state index in [1.165, 1.54) is 12.8 Å². The number of aryl methyl sites for hydroxylation is 1. The Bertz CT molecular complexity index is 1110. The molecule has 2 aliphatic rings. The lowest BCUT2D eigenvalue weighted by Crippen LogP contribution is -2.44. The molecule has 8 nitrogen and oxygen atoms in total. The number of benzene rings is 1. The number of likely N-dealkylation sites (N-methyl/N-ethyl adjacent to an activating group) is 1. The molecular weight excluding hydrogens is 432 g/mol. The molecule has 9 heteroatoms. The Morgan fingerprint density at radius 3 is 2.48 bits per heavy atom. The molecule has 3 aromatic rings. The van der Waals surface area contributed by atoms with Crippen LogP contribution < -0.4 is 15.5 Å². The number of aromatic amines is 1. The van der Waals surface area contributed by atoms with Crippen LogP contribution in [0.5, 0.6) is 0 Å². The van der Waals surface area contributed by atoms with Crippen molar-refractivity contribution in [2.45, 2.75) is 29.8 Å². The Labute approximate surface area is 198 Å². The lowest BCUT2D eigenvalue weighted by Gasteiger charge is -2.33. The van der Waals surface area contributed by atoms with Crippen LogP contribution in [0, 0.1) is 12.8 Å². The van der Waals surface area contributed by atoms with E-state index < -0.39 is 0 Å². The summed E-state index contributed by atoms with van der Waals surface area (Å²) in [6, 6.07) is 12.4. The molecule has 3 N–H and O–H groups in total. The summed E-state index contributed by atoms with van der Waals surface area (Å²) in [6.45, 7) is 10.1. The normalized spacial score (nSPS) is 16.6. The summed E-state index contributed by atoms with van der Waals surface area (Å²) in [5, 5.41) is 14.7. The van der Waals surface area contributed by atoms with Crippen molar-refractivity contribution in [3.63, 3.8) is 0 Å². The molecule has 0 unspecified atom stereocenters. The molecule has 1 aliphatic carbocycles. The largest absolute Gasteiger partial charge is 0.359 e. The Morgan fingerprint density at radius 1 is 1.06 bits per heavy atom. The quantitative estimate of drug-likeness (QED) is 0.422. The number of hydrogen-bond acceptors (Lipinski definition) is 8. The van der Waals surface area contributed by atoms with E-state index in [4.69, 9.17) is 9.97 Å². The van der Waals surface area contributed by atoms with Crippen LogP contribution in [0.2, 0.25) is 0 Å². The van der Waals surface area contributed by atoms with Crippen molar-refractivity contribution in [3.05, 3.63) is 54.4 Å². The van der Waals surface area contributed by atoms with Crippen molar-refractivity contribution in [2.24, 2.45) is 5.92 Å². The molecule has 1 aromatic carbocycles.